The van der Waals surface area contributed by atoms with E-state index in [9.17, 15) is 4.39 Å². The molecule has 0 amide bonds. The van der Waals surface area contributed by atoms with Crippen LogP contribution in [-0.2, 0) is 17.7 Å². The number of ether oxygens (including phenoxy) is 1. The Morgan fingerprint density at radius 1 is 1.42 bits per heavy atom. The number of rotatable bonds is 7. The van der Waals surface area contributed by atoms with Crippen LogP contribution in [0.2, 0.25) is 0 Å². The van der Waals surface area contributed by atoms with Gasteiger partial charge in [-0.2, -0.15) is 4.98 Å². The Morgan fingerprint density at radius 3 is 3.11 bits per heavy atom. The van der Waals surface area contributed by atoms with Crippen molar-refractivity contribution in [2.45, 2.75) is 13.0 Å². The lowest BCUT2D eigenvalue weighted by Gasteiger charge is -1.98. The molecular weight excluding hydrogens is 249 g/mol. The Bertz CT molecular complexity index is 516. The van der Waals surface area contributed by atoms with Gasteiger partial charge in [0.2, 0.25) is 5.89 Å². The molecule has 19 heavy (non-hydrogen) atoms. The molecule has 0 radical (unpaired) electrons. The van der Waals surface area contributed by atoms with Crippen molar-refractivity contribution in [1.29, 1.82) is 0 Å². The van der Waals surface area contributed by atoms with E-state index in [2.05, 4.69) is 15.5 Å². The summed E-state index contributed by atoms with van der Waals surface area (Å²) in [6, 6.07) is 6.37. The number of benzene rings is 1. The fourth-order valence-corrected chi connectivity index (χ4v) is 1.63. The maximum atomic E-state index is 13.0. The maximum Gasteiger partial charge on any atom is 0.240 e. The molecule has 0 bridgehead atoms. The quantitative estimate of drug-likeness (QED) is 0.769. The highest BCUT2D eigenvalue weighted by Gasteiger charge is 2.07. The molecule has 1 aromatic heterocycles. The predicted molar refractivity (Wildman–Crippen MR) is 67.1 cm³/mol. The molecule has 1 heterocycles. The van der Waals surface area contributed by atoms with Crippen molar-refractivity contribution in [2.75, 3.05) is 20.3 Å². The second kappa shape index (κ2) is 6.96. The SMILES string of the molecule is COCCNCc1nc(Cc2cccc(F)c2)no1. The molecule has 5 nitrogen and oxygen atoms in total. The number of aromatic nitrogens is 2. The molecule has 0 aliphatic carbocycles. The second-order valence-electron chi connectivity index (χ2n) is 4.08. The zero-order chi connectivity index (χ0) is 13.5. The van der Waals surface area contributed by atoms with Gasteiger partial charge >= 0.3 is 0 Å². The molecule has 0 atom stereocenters. The van der Waals surface area contributed by atoms with Crippen molar-refractivity contribution in [3.8, 4) is 0 Å². The standard InChI is InChI=1S/C13H16FN3O2/c1-18-6-5-15-9-13-16-12(17-19-13)8-10-3-2-4-11(14)7-10/h2-4,7,15H,5-6,8-9H2,1H3. The van der Waals surface area contributed by atoms with Gasteiger partial charge in [0.15, 0.2) is 5.82 Å². The van der Waals surface area contributed by atoms with Crippen molar-refractivity contribution < 1.29 is 13.7 Å². The molecular formula is C13H16FN3O2. The number of methoxy groups -OCH3 is 1. The summed E-state index contributed by atoms with van der Waals surface area (Å²) in [4.78, 5) is 4.23. The van der Waals surface area contributed by atoms with E-state index in [1.165, 1.54) is 12.1 Å². The van der Waals surface area contributed by atoms with Crippen molar-refractivity contribution in [2.24, 2.45) is 0 Å². The summed E-state index contributed by atoms with van der Waals surface area (Å²) in [5, 5.41) is 6.97. The van der Waals surface area contributed by atoms with E-state index in [0.717, 1.165) is 12.1 Å². The topological polar surface area (TPSA) is 60.2 Å². The van der Waals surface area contributed by atoms with Gasteiger partial charge in [-0.1, -0.05) is 17.3 Å². The summed E-state index contributed by atoms with van der Waals surface area (Å²) >= 11 is 0. The molecule has 0 saturated heterocycles. The van der Waals surface area contributed by atoms with Gasteiger partial charge in [0, 0.05) is 20.1 Å². The number of nitrogens with zero attached hydrogens (tertiary/aromatic N) is 2. The minimum absolute atomic E-state index is 0.262. The normalized spacial score (nSPS) is 10.8. The van der Waals surface area contributed by atoms with Crippen LogP contribution >= 0.6 is 0 Å². The number of hydrogen-bond acceptors (Lipinski definition) is 5. The molecule has 0 aliphatic heterocycles. The lowest BCUT2D eigenvalue weighted by atomic mass is 10.1. The zero-order valence-electron chi connectivity index (χ0n) is 10.7. The van der Waals surface area contributed by atoms with Gasteiger partial charge in [-0.15, -0.1) is 0 Å². The van der Waals surface area contributed by atoms with Crippen molar-refractivity contribution in [1.82, 2.24) is 15.5 Å². The highest BCUT2D eigenvalue weighted by molar-refractivity contribution is 5.19. The Morgan fingerprint density at radius 2 is 2.32 bits per heavy atom. The van der Waals surface area contributed by atoms with Crippen LogP contribution in [0, 0.1) is 5.82 Å². The molecule has 2 rings (SSSR count). The number of nitrogens with one attached hydrogen (secondary N) is 1. The molecule has 2 aromatic rings. The van der Waals surface area contributed by atoms with Crippen LogP contribution in [0.5, 0.6) is 0 Å². The van der Waals surface area contributed by atoms with Crippen LogP contribution in [0.4, 0.5) is 4.39 Å². The van der Waals surface area contributed by atoms with E-state index < -0.39 is 0 Å². The van der Waals surface area contributed by atoms with Gasteiger partial charge in [0.25, 0.3) is 0 Å². The van der Waals surface area contributed by atoms with Crippen molar-refractivity contribution in [3.05, 3.63) is 47.4 Å². The van der Waals surface area contributed by atoms with E-state index in [-0.39, 0.29) is 5.82 Å². The second-order valence-corrected chi connectivity index (χ2v) is 4.08. The summed E-state index contributed by atoms with van der Waals surface area (Å²) in [6.07, 6.45) is 0.458. The van der Waals surface area contributed by atoms with Gasteiger partial charge in [-0.3, -0.25) is 0 Å². The van der Waals surface area contributed by atoms with Gasteiger partial charge in [-0.05, 0) is 17.7 Å². The van der Waals surface area contributed by atoms with Crippen LogP contribution in [-0.4, -0.2) is 30.4 Å². The first kappa shape index (κ1) is 13.6. The fourth-order valence-electron chi connectivity index (χ4n) is 1.63. The summed E-state index contributed by atoms with van der Waals surface area (Å²) in [5.41, 5.74) is 0.819. The number of halogens is 1. The lowest BCUT2D eigenvalue weighted by molar-refractivity contribution is 0.197. The largest absolute Gasteiger partial charge is 0.383 e. The molecule has 0 aliphatic rings. The van der Waals surface area contributed by atoms with Gasteiger partial charge in [0.05, 0.1) is 13.2 Å². The molecule has 1 aromatic carbocycles. The summed E-state index contributed by atoms with van der Waals surface area (Å²) < 4.78 is 23.0. The van der Waals surface area contributed by atoms with Crippen molar-refractivity contribution >= 4 is 0 Å². The van der Waals surface area contributed by atoms with E-state index in [0.29, 0.717) is 31.3 Å². The highest BCUT2D eigenvalue weighted by Crippen LogP contribution is 2.08. The minimum atomic E-state index is -0.262. The van der Waals surface area contributed by atoms with Gasteiger partial charge < -0.3 is 14.6 Å². The predicted octanol–water partition coefficient (Wildman–Crippen LogP) is 1.54. The minimum Gasteiger partial charge on any atom is -0.383 e. The number of hydrogen-bond donors (Lipinski definition) is 1. The van der Waals surface area contributed by atoms with Crippen LogP contribution in [0.15, 0.2) is 28.8 Å². The van der Waals surface area contributed by atoms with E-state index >= 15 is 0 Å². The molecule has 0 saturated carbocycles. The van der Waals surface area contributed by atoms with E-state index in [1.807, 2.05) is 6.07 Å². The zero-order valence-corrected chi connectivity index (χ0v) is 10.7. The molecule has 0 fully saturated rings. The third-order valence-electron chi connectivity index (χ3n) is 2.52. The Hall–Kier alpha value is -1.79. The Labute approximate surface area is 110 Å². The van der Waals surface area contributed by atoms with Crippen molar-refractivity contribution in [3.63, 3.8) is 0 Å². The summed E-state index contributed by atoms with van der Waals surface area (Å²) in [5.74, 6) is 0.805. The average molecular weight is 265 g/mol. The first-order valence-corrected chi connectivity index (χ1v) is 6.03. The summed E-state index contributed by atoms with van der Waals surface area (Å²) in [6.45, 7) is 1.85. The fraction of sp³-hybridized carbons (Fsp3) is 0.385. The smallest absolute Gasteiger partial charge is 0.240 e. The van der Waals surface area contributed by atoms with Crippen LogP contribution in [0.1, 0.15) is 17.3 Å². The Kier molecular flexibility index (Phi) is 5.00. The molecule has 102 valence electrons. The first-order chi connectivity index (χ1) is 9.28. The highest BCUT2D eigenvalue weighted by atomic mass is 19.1. The van der Waals surface area contributed by atoms with E-state index in [1.54, 1.807) is 13.2 Å². The molecule has 6 heteroatoms. The molecule has 1 N–H and O–H groups in total. The van der Waals surface area contributed by atoms with Gasteiger partial charge in [-0.25, -0.2) is 4.39 Å². The third kappa shape index (κ3) is 4.42. The summed E-state index contributed by atoms with van der Waals surface area (Å²) in [7, 11) is 1.64. The van der Waals surface area contributed by atoms with Gasteiger partial charge in [0.1, 0.15) is 5.82 Å². The average Bonchev–Trinajstić information content (AvgIpc) is 2.82. The molecule has 0 spiro atoms. The van der Waals surface area contributed by atoms with Crippen LogP contribution in [0.25, 0.3) is 0 Å². The Balaban J connectivity index is 1.87. The maximum absolute atomic E-state index is 13.0. The first-order valence-electron chi connectivity index (χ1n) is 6.03. The van der Waals surface area contributed by atoms with Crippen LogP contribution < -0.4 is 5.32 Å². The molecule has 0 unspecified atom stereocenters. The third-order valence-corrected chi connectivity index (χ3v) is 2.52. The monoisotopic (exact) mass is 265 g/mol. The lowest BCUT2D eigenvalue weighted by Crippen LogP contribution is -2.18. The van der Waals surface area contributed by atoms with E-state index in [4.69, 9.17) is 9.26 Å². The van der Waals surface area contributed by atoms with Crippen LogP contribution in [0.3, 0.4) is 0 Å².